The SMILES string of the molecule is CCCc1cc(Oc2ccc(/C=C/[C@H](C)NC(C)=O)cn2)ccc1Cl. The lowest BCUT2D eigenvalue weighted by Gasteiger charge is -2.09. The molecule has 0 aliphatic carbocycles. The number of ether oxygens (including phenoxy) is 1. The van der Waals surface area contributed by atoms with Crippen LogP contribution in [0.25, 0.3) is 6.08 Å². The largest absolute Gasteiger partial charge is 0.439 e. The first-order valence-corrected chi connectivity index (χ1v) is 8.73. The normalized spacial score (nSPS) is 12.2. The number of hydrogen-bond acceptors (Lipinski definition) is 3. The van der Waals surface area contributed by atoms with E-state index >= 15 is 0 Å². The number of aromatic nitrogens is 1. The lowest BCUT2D eigenvalue weighted by molar-refractivity contribution is -0.119. The minimum Gasteiger partial charge on any atom is -0.439 e. The summed E-state index contributed by atoms with van der Waals surface area (Å²) in [6, 6.07) is 9.35. The Morgan fingerprint density at radius 1 is 1.36 bits per heavy atom. The molecule has 25 heavy (non-hydrogen) atoms. The third kappa shape index (κ3) is 6.24. The van der Waals surface area contributed by atoms with Crippen molar-refractivity contribution in [1.82, 2.24) is 10.3 Å². The Hall–Kier alpha value is -2.33. The fraction of sp³-hybridized carbons (Fsp3) is 0.300. The summed E-state index contributed by atoms with van der Waals surface area (Å²) in [4.78, 5) is 15.3. The number of nitrogens with zero attached hydrogens (tertiary/aromatic N) is 1. The quantitative estimate of drug-likeness (QED) is 0.756. The molecule has 5 heteroatoms. The number of amides is 1. The number of benzene rings is 1. The van der Waals surface area contributed by atoms with E-state index in [4.69, 9.17) is 16.3 Å². The molecule has 2 rings (SSSR count). The zero-order valence-electron chi connectivity index (χ0n) is 14.8. The average Bonchev–Trinajstić information content (AvgIpc) is 2.57. The smallest absolute Gasteiger partial charge is 0.219 e. The summed E-state index contributed by atoms with van der Waals surface area (Å²) in [6.07, 6.45) is 7.50. The van der Waals surface area contributed by atoms with Gasteiger partial charge >= 0.3 is 0 Å². The second-order valence-corrected chi connectivity index (χ2v) is 6.29. The van der Waals surface area contributed by atoms with Gasteiger partial charge in [0, 0.05) is 30.3 Å². The summed E-state index contributed by atoms with van der Waals surface area (Å²) in [7, 11) is 0. The molecule has 0 spiro atoms. The van der Waals surface area contributed by atoms with Crippen molar-refractivity contribution in [2.24, 2.45) is 0 Å². The van der Waals surface area contributed by atoms with Crippen molar-refractivity contribution in [3.8, 4) is 11.6 Å². The van der Waals surface area contributed by atoms with Crippen molar-refractivity contribution in [3.63, 3.8) is 0 Å². The summed E-state index contributed by atoms with van der Waals surface area (Å²) in [5.74, 6) is 1.20. The number of nitrogens with one attached hydrogen (secondary N) is 1. The van der Waals surface area contributed by atoms with E-state index in [1.807, 2.05) is 49.4 Å². The zero-order chi connectivity index (χ0) is 18.2. The van der Waals surface area contributed by atoms with Gasteiger partial charge in [-0.2, -0.15) is 0 Å². The highest BCUT2D eigenvalue weighted by atomic mass is 35.5. The van der Waals surface area contributed by atoms with Crippen molar-refractivity contribution in [2.75, 3.05) is 0 Å². The van der Waals surface area contributed by atoms with Crippen LogP contribution in [0, 0.1) is 0 Å². The minimum absolute atomic E-state index is 0.0283. The van der Waals surface area contributed by atoms with Crippen LogP contribution in [0.4, 0.5) is 0 Å². The second-order valence-electron chi connectivity index (χ2n) is 5.88. The van der Waals surface area contributed by atoms with Crippen molar-refractivity contribution in [3.05, 3.63) is 58.8 Å². The predicted molar refractivity (Wildman–Crippen MR) is 102 cm³/mol. The number of halogens is 1. The van der Waals surface area contributed by atoms with E-state index in [0.717, 1.165) is 34.7 Å². The van der Waals surface area contributed by atoms with Crippen LogP contribution in [0.3, 0.4) is 0 Å². The Morgan fingerprint density at radius 2 is 2.16 bits per heavy atom. The molecular weight excluding hydrogens is 336 g/mol. The highest BCUT2D eigenvalue weighted by Gasteiger charge is 2.04. The molecule has 2 aromatic rings. The van der Waals surface area contributed by atoms with E-state index in [2.05, 4.69) is 17.2 Å². The van der Waals surface area contributed by atoms with Crippen molar-refractivity contribution in [1.29, 1.82) is 0 Å². The zero-order valence-corrected chi connectivity index (χ0v) is 15.5. The fourth-order valence-corrected chi connectivity index (χ4v) is 2.58. The molecule has 1 aromatic heterocycles. The summed E-state index contributed by atoms with van der Waals surface area (Å²) < 4.78 is 5.80. The summed E-state index contributed by atoms with van der Waals surface area (Å²) in [5, 5.41) is 3.56. The predicted octanol–water partition coefficient (Wildman–Crippen LogP) is 5.02. The van der Waals surface area contributed by atoms with Gasteiger partial charge in [-0.3, -0.25) is 4.79 Å². The molecule has 0 saturated carbocycles. The van der Waals surface area contributed by atoms with Crippen LogP contribution in [0.1, 0.15) is 38.3 Å². The van der Waals surface area contributed by atoms with Gasteiger partial charge in [-0.15, -0.1) is 0 Å². The first-order valence-electron chi connectivity index (χ1n) is 8.35. The van der Waals surface area contributed by atoms with Crippen LogP contribution < -0.4 is 10.1 Å². The van der Waals surface area contributed by atoms with Crippen LogP contribution in [-0.2, 0) is 11.2 Å². The van der Waals surface area contributed by atoms with E-state index in [9.17, 15) is 4.79 Å². The maximum atomic E-state index is 11.0. The summed E-state index contributed by atoms with van der Waals surface area (Å²) in [5.41, 5.74) is 2.01. The molecular formula is C20H23ClN2O2. The Labute approximate surface area is 153 Å². The van der Waals surface area contributed by atoms with Crippen LogP contribution in [0.15, 0.2) is 42.6 Å². The highest BCUT2D eigenvalue weighted by molar-refractivity contribution is 6.31. The topological polar surface area (TPSA) is 51.2 Å². The molecule has 0 fully saturated rings. The first-order chi connectivity index (χ1) is 12.0. The molecule has 0 aliphatic heterocycles. The van der Waals surface area contributed by atoms with Gasteiger partial charge in [0.2, 0.25) is 11.8 Å². The molecule has 0 aliphatic rings. The molecule has 1 heterocycles. The molecule has 0 bridgehead atoms. The Bertz CT molecular complexity index is 742. The van der Waals surface area contributed by atoms with Gasteiger partial charge in [0.25, 0.3) is 0 Å². The number of aryl methyl sites for hydroxylation is 1. The van der Waals surface area contributed by atoms with E-state index in [0.29, 0.717) is 5.88 Å². The van der Waals surface area contributed by atoms with Gasteiger partial charge < -0.3 is 10.1 Å². The molecule has 0 radical (unpaired) electrons. The van der Waals surface area contributed by atoms with E-state index < -0.39 is 0 Å². The minimum atomic E-state index is -0.0515. The van der Waals surface area contributed by atoms with Crippen molar-refractivity contribution in [2.45, 2.75) is 39.7 Å². The molecule has 1 atom stereocenters. The molecule has 0 saturated heterocycles. The molecule has 132 valence electrons. The Morgan fingerprint density at radius 3 is 2.80 bits per heavy atom. The van der Waals surface area contributed by atoms with Crippen molar-refractivity contribution < 1.29 is 9.53 Å². The molecule has 1 amide bonds. The van der Waals surface area contributed by atoms with Gasteiger partial charge in [0.05, 0.1) is 0 Å². The summed E-state index contributed by atoms with van der Waals surface area (Å²) >= 11 is 6.19. The van der Waals surface area contributed by atoms with Gasteiger partial charge in [-0.25, -0.2) is 4.98 Å². The fourth-order valence-electron chi connectivity index (χ4n) is 2.37. The lowest BCUT2D eigenvalue weighted by Crippen LogP contribution is -2.28. The summed E-state index contributed by atoms with van der Waals surface area (Å²) in [6.45, 7) is 5.53. The number of carbonyl (C=O) groups is 1. The van der Waals surface area contributed by atoms with Crippen LogP contribution in [0.2, 0.25) is 5.02 Å². The van der Waals surface area contributed by atoms with Gasteiger partial charge in [0.1, 0.15) is 5.75 Å². The molecule has 1 aromatic carbocycles. The maximum Gasteiger partial charge on any atom is 0.219 e. The maximum absolute atomic E-state index is 11.0. The third-order valence-electron chi connectivity index (χ3n) is 3.53. The van der Waals surface area contributed by atoms with E-state index in [-0.39, 0.29) is 11.9 Å². The van der Waals surface area contributed by atoms with Gasteiger partial charge in [0.15, 0.2) is 0 Å². The van der Waals surface area contributed by atoms with Crippen molar-refractivity contribution >= 4 is 23.6 Å². The first kappa shape index (κ1) is 19.0. The average molecular weight is 359 g/mol. The molecule has 1 N–H and O–H groups in total. The lowest BCUT2D eigenvalue weighted by atomic mass is 10.1. The monoisotopic (exact) mass is 358 g/mol. The van der Waals surface area contributed by atoms with Crippen LogP contribution >= 0.6 is 11.6 Å². The number of rotatable bonds is 7. The highest BCUT2D eigenvalue weighted by Crippen LogP contribution is 2.26. The Balaban J connectivity index is 2.02. The van der Waals surface area contributed by atoms with Crippen LogP contribution in [-0.4, -0.2) is 16.9 Å². The number of pyridine rings is 1. The van der Waals surface area contributed by atoms with Gasteiger partial charge in [-0.05, 0) is 48.7 Å². The van der Waals surface area contributed by atoms with E-state index in [1.165, 1.54) is 6.92 Å². The standard InChI is InChI=1S/C20H23ClN2O2/c1-4-5-17-12-18(9-10-19(17)21)25-20-11-8-16(13-22-20)7-6-14(2)23-15(3)24/h6-14H,4-5H2,1-3H3,(H,23,24)/b7-6+/t14-/m0/s1. The second kappa shape index (κ2) is 9.23. The van der Waals surface area contributed by atoms with E-state index in [1.54, 1.807) is 6.20 Å². The number of carbonyl (C=O) groups excluding carboxylic acids is 1. The third-order valence-corrected chi connectivity index (χ3v) is 3.90. The molecule has 4 nitrogen and oxygen atoms in total. The Kier molecular flexibility index (Phi) is 7.02. The number of hydrogen-bond donors (Lipinski definition) is 1. The molecule has 0 unspecified atom stereocenters. The van der Waals surface area contributed by atoms with Gasteiger partial charge in [-0.1, -0.05) is 37.1 Å². The van der Waals surface area contributed by atoms with Crippen LogP contribution in [0.5, 0.6) is 11.6 Å².